The van der Waals surface area contributed by atoms with Gasteiger partial charge in [0, 0.05) is 63.3 Å². The molecule has 14 nitrogen and oxygen atoms in total. The molecule has 1 aliphatic carbocycles. The Morgan fingerprint density at radius 3 is 1.43 bits per heavy atom. The van der Waals surface area contributed by atoms with Crippen LogP contribution in [0.25, 0.3) is 0 Å². The van der Waals surface area contributed by atoms with E-state index in [1.165, 1.54) is 77.0 Å². The van der Waals surface area contributed by atoms with Gasteiger partial charge in [0.2, 0.25) is 11.8 Å². The van der Waals surface area contributed by atoms with Gasteiger partial charge in [-0.1, -0.05) is 104 Å². The highest BCUT2D eigenvalue weighted by atomic mass is 16.4. The second kappa shape index (κ2) is 34.4. The lowest BCUT2D eigenvalue weighted by atomic mass is 9.78. The number of carbonyl (C=O) groups is 9. The molecule has 3 atom stereocenters. The van der Waals surface area contributed by atoms with Crippen molar-refractivity contribution in [2.75, 3.05) is 6.54 Å². The topological polar surface area (TPSA) is 238 Å². The van der Waals surface area contributed by atoms with Gasteiger partial charge in [-0.3, -0.25) is 33.6 Å². The molecule has 1 fully saturated rings. The van der Waals surface area contributed by atoms with Crippen LogP contribution in [0, 0.1) is 29.6 Å². The molecule has 0 spiro atoms. The molecule has 0 radical (unpaired) electrons. The zero-order valence-electron chi connectivity index (χ0n) is 38.9. The number of hydrogen-bond acceptors (Lipinski definition) is 9. The van der Waals surface area contributed by atoms with Crippen LogP contribution in [0.5, 0.6) is 0 Å². The fourth-order valence-electron chi connectivity index (χ4n) is 8.32. The van der Waals surface area contributed by atoms with Crippen LogP contribution in [0.15, 0.2) is 0 Å². The van der Waals surface area contributed by atoms with E-state index in [-0.39, 0.29) is 86.6 Å². The Morgan fingerprint density at radius 1 is 0.508 bits per heavy atom. The Kier molecular flexibility index (Phi) is 31.2. The maximum atomic E-state index is 13.1. The summed E-state index contributed by atoms with van der Waals surface area (Å²) < 4.78 is 0. The van der Waals surface area contributed by atoms with Crippen molar-refractivity contribution in [3.8, 4) is 0 Å². The predicted octanol–water partition coefficient (Wildman–Crippen LogP) is 8.97. The van der Waals surface area contributed by atoms with Crippen LogP contribution in [0.1, 0.15) is 213 Å². The highest BCUT2D eigenvalue weighted by Crippen LogP contribution is 2.31. The molecule has 0 aliphatic heterocycles. The SMILES string of the molecule is CC(=O)CCCCCCCCCCCCCCCCCCC(=O)NCC1CCC(C(=O)C[C@@H](CCC(=O)N[C@@H](CCC(=O)C[C@@H](CCC(=O)C(C)C)C(=O)O)C(=O)O)C(=O)O)CC1. The van der Waals surface area contributed by atoms with Gasteiger partial charge in [0.05, 0.1) is 11.8 Å². The Labute approximate surface area is 376 Å². The number of carboxylic acid groups (broad SMARTS) is 3. The van der Waals surface area contributed by atoms with Crippen LogP contribution >= 0.6 is 0 Å². The number of amides is 2. The summed E-state index contributed by atoms with van der Waals surface area (Å²) >= 11 is 0. The molecule has 1 saturated carbocycles. The fourth-order valence-corrected chi connectivity index (χ4v) is 8.32. The van der Waals surface area contributed by atoms with Gasteiger partial charge in [0.1, 0.15) is 29.2 Å². The smallest absolute Gasteiger partial charge is 0.326 e. The van der Waals surface area contributed by atoms with E-state index in [1.54, 1.807) is 20.8 Å². The molecule has 1 aliphatic rings. The zero-order valence-corrected chi connectivity index (χ0v) is 38.9. The van der Waals surface area contributed by atoms with E-state index in [0.717, 1.165) is 44.9 Å². The van der Waals surface area contributed by atoms with Crippen molar-refractivity contribution in [1.82, 2.24) is 10.6 Å². The summed E-state index contributed by atoms with van der Waals surface area (Å²) in [4.78, 5) is 109. The highest BCUT2D eigenvalue weighted by molar-refractivity contribution is 5.88. The van der Waals surface area contributed by atoms with Crippen molar-refractivity contribution in [1.29, 1.82) is 0 Å². The monoisotopic (exact) mass is 891 g/mol. The molecule has 14 heteroatoms. The Bertz CT molecular complexity index is 1420. The average Bonchev–Trinajstić information content (AvgIpc) is 3.23. The van der Waals surface area contributed by atoms with Crippen LogP contribution in [-0.2, 0) is 43.2 Å². The maximum absolute atomic E-state index is 13.1. The second-order valence-electron chi connectivity index (χ2n) is 18.6. The van der Waals surface area contributed by atoms with Gasteiger partial charge in [0.15, 0.2) is 0 Å². The molecule has 2 amide bonds. The standard InChI is InChI=1S/C49H82N2O12/c1-35(2)43(54)30-26-39(47(58)59)32-41(53)28-29-42(49(62)63)51-46(57)31-27-40(48(60)61)33-44(55)38-24-22-37(23-25-38)34-50-45(56)21-19-17-15-13-11-9-7-5-4-6-8-10-12-14-16-18-20-36(3)52/h35,37-40,42H,4-34H2,1-3H3,(H,50,56)(H,51,57)(H,58,59)(H,60,61)(H,62,63)/t37?,38?,39-,40-,42+/m1/s1. The molecule has 5 N–H and O–H groups in total. The van der Waals surface area contributed by atoms with Gasteiger partial charge >= 0.3 is 17.9 Å². The first-order chi connectivity index (χ1) is 30.0. The number of unbranched alkanes of at least 4 members (excludes halogenated alkanes) is 15. The number of nitrogens with one attached hydrogen (secondary N) is 2. The first-order valence-electron chi connectivity index (χ1n) is 24.3. The maximum Gasteiger partial charge on any atom is 0.326 e. The molecule has 0 heterocycles. The van der Waals surface area contributed by atoms with Gasteiger partial charge in [-0.05, 0) is 70.6 Å². The van der Waals surface area contributed by atoms with Gasteiger partial charge in [0.25, 0.3) is 0 Å². The van der Waals surface area contributed by atoms with Gasteiger partial charge in [-0.25, -0.2) is 4.79 Å². The predicted molar refractivity (Wildman–Crippen MR) is 241 cm³/mol. The molecule has 0 aromatic carbocycles. The average molecular weight is 891 g/mol. The Balaban J connectivity index is 2.23. The lowest BCUT2D eigenvalue weighted by Gasteiger charge is -2.28. The van der Waals surface area contributed by atoms with Gasteiger partial charge < -0.3 is 30.7 Å². The largest absolute Gasteiger partial charge is 0.481 e. The summed E-state index contributed by atoms with van der Waals surface area (Å²) in [6.45, 7) is 5.62. The summed E-state index contributed by atoms with van der Waals surface area (Å²) in [5.41, 5.74) is 0. The molecule has 0 saturated heterocycles. The normalized spacial score (nSPS) is 16.4. The number of hydrogen-bond donors (Lipinski definition) is 5. The molecule has 360 valence electrons. The summed E-state index contributed by atoms with van der Waals surface area (Å²) in [6, 6.07) is -1.45. The van der Waals surface area contributed by atoms with Crippen LogP contribution in [-0.4, -0.2) is 80.8 Å². The lowest BCUT2D eigenvalue weighted by molar-refractivity contribution is -0.145. The third kappa shape index (κ3) is 29.2. The van der Waals surface area contributed by atoms with Gasteiger partial charge in [-0.2, -0.15) is 0 Å². The molecule has 0 aromatic heterocycles. The van der Waals surface area contributed by atoms with Crippen LogP contribution in [0.2, 0.25) is 0 Å². The number of ketones is 4. The minimum atomic E-state index is -1.45. The van der Waals surface area contributed by atoms with Crippen molar-refractivity contribution in [2.24, 2.45) is 29.6 Å². The number of carboxylic acids is 3. The van der Waals surface area contributed by atoms with Crippen LogP contribution in [0.4, 0.5) is 0 Å². The van der Waals surface area contributed by atoms with Crippen molar-refractivity contribution < 1.29 is 58.5 Å². The molecule has 63 heavy (non-hydrogen) atoms. The molecular formula is C49H82N2O12. The minimum Gasteiger partial charge on any atom is -0.481 e. The Hall–Kier alpha value is -3.97. The van der Waals surface area contributed by atoms with E-state index in [2.05, 4.69) is 10.6 Å². The van der Waals surface area contributed by atoms with Crippen molar-refractivity contribution in [3.05, 3.63) is 0 Å². The van der Waals surface area contributed by atoms with Crippen molar-refractivity contribution >= 4 is 52.9 Å². The number of rotatable bonds is 40. The molecule has 0 bridgehead atoms. The van der Waals surface area contributed by atoms with E-state index in [4.69, 9.17) is 0 Å². The quantitative estimate of drug-likeness (QED) is 0.0362. The first-order valence-corrected chi connectivity index (χ1v) is 24.3. The highest BCUT2D eigenvalue weighted by Gasteiger charge is 2.31. The first kappa shape index (κ1) is 57.0. The van der Waals surface area contributed by atoms with E-state index < -0.39 is 47.5 Å². The van der Waals surface area contributed by atoms with E-state index >= 15 is 0 Å². The summed E-state index contributed by atoms with van der Waals surface area (Å²) in [7, 11) is 0. The molecule has 0 aromatic rings. The minimum absolute atomic E-state index is 0.0110. The third-order valence-electron chi connectivity index (χ3n) is 12.6. The second-order valence-corrected chi connectivity index (χ2v) is 18.6. The molecule has 1 rings (SSSR count). The lowest BCUT2D eigenvalue weighted by Crippen LogP contribution is -2.41. The van der Waals surface area contributed by atoms with E-state index in [0.29, 0.717) is 31.6 Å². The fraction of sp³-hybridized carbons (Fsp3) is 0.816. The van der Waals surface area contributed by atoms with Crippen molar-refractivity contribution in [3.63, 3.8) is 0 Å². The van der Waals surface area contributed by atoms with Crippen molar-refractivity contribution in [2.45, 2.75) is 219 Å². The van der Waals surface area contributed by atoms with Gasteiger partial charge in [-0.15, -0.1) is 0 Å². The van der Waals surface area contributed by atoms with E-state index in [9.17, 15) is 58.5 Å². The Morgan fingerprint density at radius 2 is 0.968 bits per heavy atom. The summed E-state index contributed by atoms with van der Waals surface area (Å²) in [5, 5.41) is 34.2. The summed E-state index contributed by atoms with van der Waals surface area (Å²) in [6.07, 6.45) is 21.6. The zero-order chi connectivity index (χ0) is 47.0. The molecular weight excluding hydrogens is 809 g/mol. The van der Waals surface area contributed by atoms with Crippen LogP contribution < -0.4 is 10.6 Å². The number of Topliss-reactive ketones (excluding diaryl/α,β-unsaturated/α-hetero) is 4. The number of carbonyl (C=O) groups excluding carboxylic acids is 6. The number of aliphatic carboxylic acids is 3. The third-order valence-corrected chi connectivity index (χ3v) is 12.6. The van der Waals surface area contributed by atoms with Crippen LogP contribution in [0.3, 0.4) is 0 Å². The summed E-state index contributed by atoms with van der Waals surface area (Å²) in [5.74, 6) is -7.59. The van der Waals surface area contributed by atoms with E-state index in [1.807, 2.05) is 0 Å². The molecule has 0 unspecified atom stereocenters.